The highest BCUT2D eigenvalue weighted by atomic mass is 16.5. The number of benzene rings is 1. The molecule has 0 spiro atoms. The van der Waals surface area contributed by atoms with E-state index >= 15 is 0 Å². The fourth-order valence-corrected chi connectivity index (χ4v) is 2.12. The van der Waals surface area contributed by atoms with Gasteiger partial charge < -0.3 is 20.1 Å². The minimum Gasteiger partial charge on any atom is -0.497 e. The van der Waals surface area contributed by atoms with Crippen LogP contribution in [0.5, 0.6) is 11.5 Å². The van der Waals surface area contributed by atoms with Crippen LogP contribution in [0.15, 0.2) is 36.5 Å². The molecular weight excluding hydrogens is 322 g/mol. The number of pyridine rings is 1. The zero-order valence-electron chi connectivity index (χ0n) is 14.5. The molecule has 1 aromatic heterocycles. The Hall–Kier alpha value is -3.09. The van der Waals surface area contributed by atoms with Crippen molar-refractivity contribution >= 4 is 17.5 Å². The summed E-state index contributed by atoms with van der Waals surface area (Å²) in [7, 11) is 3.05. The van der Waals surface area contributed by atoms with Gasteiger partial charge in [-0.25, -0.2) is 0 Å². The Balaban J connectivity index is 2.17. The van der Waals surface area contributed by atoms with Crippen LogP contribution in [0.3, 0.4) is 0 Å². The summed E-state index contributed by atoms with van der Waals surface area (Å²) < 4.78 is 10.4. The van der Waals surface area contributed by atoms with Crippen molar-refractivity contribution in [1.82, 2.24) is 10.3 Å². The third-order valence-electron chi connectivity index (χ3n) is 3.45. The third-order valence-corrected chi connectivity index (χ3v) is 3.45. The van der Waals surface area contributed by atoms with Crippen LogP contribution in [0.4, 0.5) is 5.69 Å². The number of nitrogens with one attached hydrogen (secondary N) is 2. The van der Waals surface area contributed by atoms with Gasteiger partial charge in [0.15, 0.2) is 0 Å². The molecule has 132 valence electrons. The van der Waals surface area contributed by atoms with Crippen LogP contribution in [0, 0.1) is 0 Å². The number of nitrogens with zero attached hydrogens (tertiary/aromatic N) is 1. The lowest BCUT2D eigenvalue weighted by Gasteiger charge is -2.11. The number of rotatable bonds is 7. The number of carbonyl (C=O) groups excluding carboxylic acids is 2. The van der Waals surface area contributed by atoms with Gasteiger partial charge in [-0.3, -0.25) is 14.6 Å². The highest BCUT2D eigenvalue weighted by Crippen LogP contribution is 2.29. The fourth-order valence-electron chi connectivity index (χ4n) is 2.12. The minimum absolute atomic E-state index is 0.141. The van der Waals surface area contributed by atoms with Gasteiger partial charge >= 0.3 is 0 Å². The number of hydrogen-bond acceptors (Lipinski definition) is 5. The molecule has 1 heterocycles. The number of carbonyl (C=O) groups is 2. The zero-order valence-corrected chi connectivity index (χ0v) is 14.5. The molecule has 7 heteroatoms. The molecule has 0 unspecified atom stereocenters. The number of hydrogen-bond donors (Lipinski definition) is 2. The van der Waals surface area contributed by atoms with Crippen molar-refractivity contribution in [3.8, 4) is 11.5 Å². The first-order valence-corrected chi connectivity index (χ1v) is 7.86. The number of methoxy groups -OCH3 is 2. The lowest BCUT2D eigenvalue weighted by molar-refractivity contribution is 0.0953. The van der Waals surface area contributed by atoms with Crippen LogP contribution in [0.2, 0.25) is 0 Å². The van der Waals surface area contributed by atoms with E-state index in [1.54, 1.807) is 31.4 Å². The Bertz CT molecular complexity index is 762. The minimum atomic E-state index is -0.436. The second-order valence-corrected chi connectivity index (χ2v) is 5.21. The molecule has 0 radical (unpaired) electrons. The summed E-state index contributed by atoms with van der Waals surface area (Å²) in [4.78, 5) is 28.5. The zero-order chi connectivity index (χ0) is 18.2. The second-order valence-electron chi connectivity index (χ2n) is 5.21. The van der Waals surface area contributed by atoms with Gasteiger partial charge in [-0.1, -0.05) is 6.92 Å². The molecule has 1 aromatic carbocycles. The van der Waals surface area contributed by atoms with Crippen molar-refractivity contribution < 1.29 is 19.1 Å². The molecule has 0 atom stereocenters. The Morgan fingerprint density at radius 1 is 1.08 bits per heavy atom. The van der Waals surface area contributed by atoms with Gasteiger partial charge in [0.1, 0.15) is 17.2 Å². The summed E-state index contributed by atoms with van der Waals surface area (Å²) in [6, 6.07) is 8.07. The average molecular weight is 343 g/mol. The molecule has 0 aliphatic carbocycles. The van der Waals surface area contributed by atoms with E-state index in [4.69, 9.17) is 9.47 Å². The topological polar surface area (TPSA) is 89.6 Å². The molecule has 0 saturated heterocycles. The van der Waals surface area contributed by atoms with Crippen LogP contribution in [-0.4, -0.2) is 37.6 Å². The largest absolute Gasteiger partial charge is 0.497 e. The van der Waals surface area contributed by atoms with Gasteiger partial charge in [-0.05, 0) is 30.7 Å². The third kappa shape index (κ3) is 4.69. The molecule has 2 N–H and O–H groups in total. The van der Waals surface area contributed by atoms with Gasteiger partial charge in [0.25, 0.3) is 11.8 Å². The second kappa shape index (κ2) is 8.68. The predicted octanol–water partition coefficient (Wildman–Crippen LogP) is 2.49. The number of aromatic nitrogens is 1. The van der Waals surface area contributed by atoms with E-state index < -0.39 is 5.91 Å². The van der Waals surface area contributed by atoms with Gasteiger partial charge in [0, 0.05) is 24.4 Å². The Labute approximate surface area is 146 Å². The Morgan fingerprint density at radius 2 is 1.88 bits per heavy atom. The van der Waals surface area contributed by atoms with Gasteiger partial charge in [-0.15, -0.1) is 0 Å². The Kier molecular flexibility index (Phi) is 6.33. The Morgan fingerprint density at radius 3 is 2.56 bits per heavy atom. The fraction of sp³-hybridized carbons (Fsp3) is 0.278. The summed E-state index contributed by atoms with van der Waals surface area (Å²) in [5.41, 5.74) is 1.01. The summed E-state index contributed by atoms with van der Waals surface area (Å²) in [6.07, 6.45) is 2.27. The quantitative estimate of drug-likeness (QED) is 0.806. The monoisotopic (exact) mass is 343 g/mol. The maximum Gasteiger partial charge on any atom is 0.274 e. The highest BCUT2D eigenvalue weighted by molar-refractivity contribution is 6.05. The van der Waals surface area contributed by atoms with E-state index in [0.717, 1.165) is 6.42 Å². The summed E-state index contributed by atoms with van der Waals surface area (Å²) in [6.45, 7) is 2.54. The van der Waals surface area contributed by atoms with E-state index in [-0.39, 0.29) is 11.6 Å². The van der Waals surface area contributed by atoms with E-state index in [0.29, 0.717) is 29.3 Å². The average Bonchev–Trinajstić information content (AvgIpc) is 2.66. The summed E-state index contributed by atoms with van der Waals surface area (Å²) in [5.74, 6) is 0.404. The molecule has 0 bridgehead atoms. The highest BCUT2D eigenvalue weighted by Gasteiger charge is 2.14. The molecular formula is C18H21N3O4. The first-order valence-electron chi connectivity index (χ1n) is 7.86. The molecule has 25 heavy (non-hydrogen) atoms. The maximum absolute atomic E-state index is 12.4. The van der Waals surface area contributed by atoms with Crippen molar-refractivity contribution in [2.24, 2.45) is 0 Å². The molecule has 2 rings (SSSR count). The van der Waals surface area contributed by atoms with E-state index in [1.807, 2.05) is 6.92 Å². The van der Waals surface area contributed by atoms with Gasteiger partial charge in [0.05, 0.1) is 19.9 Å². The van der Waals surface area contributed by atoms with Gasteiger partial charge in [0.2, 0.25) is 0 Å². The van der Waals surface area contributed by atoms with Crippen LogP contribution in [-0.2, 0) is 0 Å². The lowest BCUT2D eigenvalue weighted by Crippen LogP contribution is -2.24. The van der Waals surface area contributed by atoms with Gasteiger partial charge in [-0.2, -0.15) is 0 Å². The summed E-state index contributed by atoms with van der Waals surface area (Å²) in [5, 5.41) is 5.49. The first kappa shape index (κ1) is 18.3. The SMILES string of the molecule is CCCNC(=O)c1ccnc(C(=O)Nc2ccc(OC)cc2OC)c1. The molecule has 2 amide bonds. The van der Waals surface area contributed by atoms with Crippen LogP contribution >= 0.6 is 0 Å². The van der Waals surface area contributed by atoms with E-state index in [2.05, 4.69) is 15.6 Å². The number of anilines is 1. The molecule has 0 aliphatic rings. The number of ether oxygens (including phenoxy) is 2. The van der Waals surface area contributed by atoms with Crippen molar-refractivity contribution in [2.45, 2.75) is 13.3 Å². The molecule has 2 aromatic rings. The lowest BCUT2D eigenvalue weighted by atomic mass is 10.2. The maximum atomic E-state index is 12.4. The van der Waals surface area contributed by atoms with E-state index in [9.17, 15) is 9.59 Å². The molecule has 7 nitrogen and oxygen atoms in total. The molecule has 0 saturated carbocycles. The normalized spacial score (nSPS) is 10.0. The van der Waals surface area contributed by atoms with Crippen molar-refractivity contribution in [3.63, 3.8) is 0 Å². The molecule has 0 fully saturated rings. The van der Waals surface area contributed by atoms with E-state index in [1.165, 1.54) is 19.4 Å². The summed E-state index contributed by atoms with van der Waals surface area (Å²) >= 11 is 0. The van der Waals surface area contributed by atoms with Crippen molar-refractivity contribution in [2.75, 3.05) is 26.1 Å². The number of amides is 2. The van der Waals surface area contributed by atoms with Crippen LogP contribution in [0.1, 0.15) is 34.2 Å². The smallest absolute Gasteiger partial charge is 0.274 e. The van der Waals surface area contributed by atoms with Crippen LogP contribution < -0.4 is 20.1 Å². The predicted molar refractivity (Wildman–Crippen MR) is 94.4 cm³/mol. The standard InChI is InChI=1S/C18H21N3O4/c1-4-8-20-17(22)12-7-9-19-15(10-12)18(23)21-14-6-5-13(24-2)11-16(14)25-3/h5-7,9-11H,4,8H2,1-3H3,(H,20,22)(H,21,23). The van der Waals surface area contributed by atoms with Crippen LogP contribution in [0.25, 0.3) is 0 Å². The van der Waals surface area contributed by atoms with Crippen molar-refractivity contribution in [1.29, 1.82) is 0 Å². The molecule has 0 aliphatic heterocycles. The van der Waals surface area contributed by atoms with Crippen molar-refractivity contribution in [3.05, 3.63) is 47.8 Å². The first-order chi connectivity index (χ1) is 12.1.